The number of amides is 1. The fourth-order valence-electron chi connectivity index (χ4n) is 2.72. The molecule has 1 saturated heterocycles. The Bertz CT molecular complexity index is 490. The second-order valence-corrected chi connectivity index (χ2v) is 5.48. The van der Waals surface area contributed by atoms with Crippen LogP contribution in [0.25, 0.3) is 0 Å². The lowest BCUT2D eigenvalue weighted by atomic mass is 10.1. The molecule has 0 aliphatic carbocycles. The van der Waals surface area contributed by atoms with Crippen LogP contribution in [0, 0.1) is 0 Å². The molecule has 0 bridgehead atoms. The van der Waals surface area contributed by atoms with Gasteiger partial charge in [0.25, 0.3) is 5.91 Å². The van der Waals surface area contributed by atoms with E-state index in [1.165, 1.54) is 0 Å². The first kappa shape index (κ1) is 15.8. The molecule has 5 nitrogen and oxygen atoms in total. The van der Waals surface area contributed by atoms with Gasteiger partial charge in [-0.15, -0.1) is 0 Å². The highest BCUT2D eigenvalue weighted by molar-refractivity contribution is 5.95. The highest BCUT2D eigenvalue weighted by Crippen LogP contribution is 2.18. The Morgan fingerprint density at radius 2 is 2.33 bits per heavy atom. The molecule has 2 rings (SSSR count). The van der Waals surface area contributed by atoms with Crippen LogP contribution in [0.15, 0.2) is 12.1 Å². The summed E-state index contributed by atoms with van der Waals surface area (Å²) < 4.78 is 5.40. The fraction of sp³-hybridized carbons (Fsp3) is 0.625. The summed E-state index contributed by atoms with van der Waals surface area (Å²) in [5, 5.41) is 3.04. The van der Waals surface area contributed by atoms with E-state index in [9.17, 15) is 4.79 Å². The van der Waals surface area contributed by atoms with Gasteiger partial charge >= 0.3 is 0 Å². The average Bonchev–Trinajstić information content (AvgIpc) is 2.54. The lowest BCUT2D eigenvalue weighted by molar-refractivity contribution is 0.0269. The first-order chi connectivity index (χ1) is 10.2. The molecule has 0 spiro atoms. The molecule has 1 aromatic rings. The average molecular weight is 291 g/mol. The zero-order valence-electron chi connectivity index (χ0n) is 13.2. The van der Waals surface area contributed by atoms with E-state index in [1.54, 1.807) is 7.11 Å². The Kier molecular flexibility index (Phi) is 5.56. The molecule has 1 aliphatic heterocycles. The van der Waals surface area contributed by atoms with E-state index in [1.807, 2.05) is 24.1 Å². The number of piperidine rings is 1. The van der Waals surface area contributed by atoms with Crippen molar-refractivity contribution in [1.82, 2.24) is 9.88 Å². The summed E-state index contributed by atoms with van der Waals surface area (Å²) in [7, 11) is 3.54. The minimum Gasteiger partial charge on any atom is -0.380 e. The zero-order chi connectivity index (χ0) is 15.2. The quantitative estimate of drug-likeness (QED) is 0.904. The van der Waals surface area contributed by atoms with E-state index in [0.29, 0.717) is 6.54 Å². The minimum absolute atomic E-state index is 0.0769. The Morgan fingerprint density at radius 3 is 3.00 bits per heavy atom. The van der Waals surface area contributed by atoms with Gasteiger partial charge in [0.1, 0.15) is 5.82 Å². The van der Waals surface area contributed by atoms with Crippen molar-refractivity contribution in [3.63, 3.8) is 0 Å². The number of ether oxygens (including phenoxy) is 1. The number of rotatable bonds is 5. The number of carbonyl (C=O) groups is 1. The van der Waals surface area contributed by atoms with Gasteiger partial charge in [-0.3, -0.25) is 4.79 Å². The van der Waals surface area contributed by atoms with Crippen molar-refractivity contribution in [2.24, 2.45) is 0 Å². The molecule has 5 heteroatoms. The van der Waals surface area contributed by atoms with Crippen LogP contribution in [0.5, 0.6) is 0 Å². The number of nitrogens with one attached hydrogen (secondary N) is 1. The van der Waals surface area contributed by atoms with E-state index in [0.717, 1.165) is 49.3 Å². The monoisotopic (exact) mass is 291 g/mol. The lowest BCUT2D eigenvalue weighted by Crippen LogP contribution is -2.42. The smallest absolute Gasteiger partial charge is 0.254 e. The number of hydrogen-bond donors (Lipinski definition) is 1. The predicted molar refractivity (Wildman–Crippen MR) is 83.7 cm³/mol. The van der Waals surface area contributed by atoms with E-state index in [-0.39, 0.29) is 12.0 Å². The number of anilines is 1. The molecule has 116 valence electrons. The summed E-state index contributed by atoms with van der Waals surface area (Å²) >= 11 is 0. The van der Waals surface area contributed by atoms with Crippen molar-refractivity contribution in [2.45, 2.75) is 38.7 Å². The van der Waals surface area contributed by atoms with Crippen LogP contribution in [-0.4, -0.2) is 49.1 Å². The molecule has 1 aromatic heterocycles. The predicted octanol–water partition coefficient (Wildman–Crippen LogP) is 2.33. The van der Waals surface area contributed by atoms with Gasteiger partial charge in [-0.2, -0.15) is 0 Å². The molecule has 1 fully saturated rings. The van der Waals surface area contributed by atoms with Gasteiger partial charge in [-0.1, -0.05) is 13.3 Å². The molecular weight excluding hydrogens is 266 g/mol. The van der Waals surface area contributed by atoms with Crippen molar-refractivity contribution in [3.05, 3.63) is 23.4 Å². The van der Waals surface area contributed by atoms with Crippen LogP contribution in [0.1, 0.15) is 42.2 Å². The summed E-state index contributed by atoms with van der Waals surface area (Å²) in [6, 6.07) is 3.75. The number of aryl methyl sites for hydroxylation is 1. The summed E-state index contributed by atoms with van der Waals surface area (Å²) in [6.07, 6.45) is 4.08. The molecule has 1 atom stereocenters. The van der Waals surface area contributed by atoms with Crippen molar-refractivity contribution in [1.29, 1.82) is 0 Å². The Hall–Kier alpha value is -1.62. The second-order valence-electron chi connectivity index (χ2n) is 5.48. The molecule has 1 N–H and O–H groups in total. The summed E-state index contributed by atoms with van der Waals surface area (Å²) in [6.45, 7) is 3.59. The lowest BCUT2D eigenvalue weighted by Gasteiger charge is -2.32. The summed E-state index contributed by atoms with van der Waals surface area (Å²) in [5.74, 6) is 0.831. The van der Waals surface area contributed by atoms with Crippen LogP contribution in [0.4, 0.5) is 5.82 Å². The Labute approximate surface area is 126 Å². The van der Waals surface area contributed by atoms with Crippen LogP contribution in [0.2, 0.25) is 0 Å². The van der Waals surface area contributed by atoms with E-state index in [4.69, 9.17) is 4.74 Å². The first-order valence-corrected chi connectivity index (χ1v) is 7.68. The molecular formula is C16H25N3O2. The number of aromatic nitrogens is 1. The number of likely N-dealkylation sites (tertiary alicyclic amines) is 1. The maximum Gasteiger partial charge on any atom is 0.254 e. The van der Waals surface area contributed by atoms with Crippen LogP contribution in [-0.2, 0) is 11.2 Å². The highest BCUT2D eigenvalue weighted by Gasteiger charge is 2.24. The topological polar surface area (TPSA) is 54.5 Å². The summed E-state index contributed by atoms with van der Waals surface area (Å²) in [4.78, 5) is 19.1. The maximum atomic E-state index is 12.7. The van der Waals surface area contributed by atoms with Gasteiger partial charge < -0.3 is 15.0 Å². The van der Waals surface area contributed by atoms with E-state index in [2.05, 4.69) is 17.2 Å². The van der Waals surface area contributed by atoms with Crippen LogP contribution >= 0.6 is 0 Å². The van der Waals surface area contributed by atoms with Crippen molar-refractivity contribution in [2.75, 3.05) is 32.6 Å². The number of hydrogen-bond acceptors (Lipinski definition) is 4. The SMILES string of the molecule is CCCc1cc(C(=O)N2CCCC(OC)C2)cc(NC)n1. The molecule has 2 heterocycles. The largest absolute Gasteiger partial charge is 0.380 e. The third kappa shape index (κ3) is 3.94. The van der Waals surface area contributed by atoms with Crippen LogP contribution in [0.3, 0.4) is 0 Å². The highest BCUT2D eigenvalue weighted by atomic mass is 16.5. The molecule has 0 aromatic carbocycles. The number of pyridine rings is 1. The maximum absolute atomic E-state index is 12.7. The van der Waals surface area contributed by atoms with Gasteiger partial charge in [-0.05, 0) is 31.4 Å². The Balaban J connectivity index is 2.19. The normalized spacial score (nSPS) is 18.6. The van der Waals surface area contributed by atoms with Gasteiger partial charge in [0, 0.05) is 38.5 Å². The van der Waals surface area contributed by atoms with Crippen LogP contribution < -0.4 is 5.32 Å². The Morgan fingerprint density at radius 1 is 1.52 bits per heavy atom. The second kappa shape index (κ2) is 7.41. The third-order valence-corrected chi connectivity index (χ3v) is 3.89. The summed E-state index contributed by atoms with van der Waals surface area (Å²) in [5.41, 5.74) is 1.68. The first-order valence-electron chi connectivity index (χ1n) is 7.68. The van der Waals surface area contributed by atoms with Gasteiger partial charge in [0.2, 0.25) is 0 Å². The van der Waals surface area contributed by atoms with E-state index < -0.39 is 0 Å². The molecule has 1 unspecified atom stereocenters. The van der Waals surface area contributed by atoms with Crippen molar-refractivity contribution in [3.8, 4) is 0 Å². The molecule has 21 heavy (non-hydrogen) atoms. The molecule has 1 amide bonds. The molecule has 0 saturated carbocycles. The minimum atomic E-state index is 0.0769. The van der Waals surface area contributed by atoms with Crippen molar-refractivity contribution >= 4 is 11.7 Å². The zero-order valence-corrected chi connectivity index (χ0v) is 13.2. The molecule has 1 aliphatic rings. The third-order valence-electron chi connectivity index (χ3n) is 3.89. The number of carbonyl (C=O) groups excluding carboxylic acids is 1. The number of methoxy groups -OCH3 is 1. The molecule has 0 radical (unpaired) electrons. The van der Waals surface area contributed by atoms with E-state index >= 15 is 0 Å². The fourth-order valence-corrected chi connectivity index (χ4v) is 2.72. The van der Waals surface area contributed by atoms with Crippen molar-refractivity contribution < 1.29 is 9.53 Å². The number of nitrogens with zero attached hydrogens (tertiary/aromatic N) is 2. The van der Waals surface area contributed by atoms with Gasteiger partial charge in [0.05, 0.1) is 6.10 Å². The van der Waals surface area contributed by atoms with Gasteiger partial charge in [0.15, 0.2) is 0 Å². The standard InChI is InChI=1S/C16H25N3O2/c1-4-6-13-9-12(10-15(17-2)18-13)16(20)19-8-5-7-14(11-19)21-3/h9-10,14H,4-8,11H2,1-3H3,(H,17,18). The van der Waals surface area contributed by atoms with Gasteiger partial charge in [-0.25, -0.2) is 4.98 Å².